The summed E-state index contributed by atoms with van der Waals surface area (Å²) in [5.74, 6) is 0.912. The average Bonchev–Trinajstić information content (AvgIpc) is 2.89. The summed E-state index contributed by atoms with van der Waals surface area (Å²) in [7, 11) is 0. The van der Waals surface area contributed by atoms with Crippen LogP contribution in [0.3, 0.4) is 0 Å². The van der Waals surface area contributed by atoms with Crippen molar-refractivity contribution in [3.8, 4) is 5.75 Å². The maximum atomic E-state index is 5.81. The zero-order valence-corrected chi connectivity index (χ0v) is 13.6. The number of thiophene rings is 1. The van der Waals surface area contributed by atoms with E-state index in [-0.39, 0.29) is 0 Å². The van der Waals surface area contributed by atoms with E-state index in [9.17, 15) is 0 Å². The summed E-state index contributed by atoms with van der Waals surface area (Å²) in [5, 5.41) is 7.59. The molecule has 2 aromatic rings. The Morgan fingerprint density at radius 3 is 2.84 bits per heavy atom. The Morgan fingerprint density at radius 1 is 1.32 bits per heavy atom. The summed E-state index contributed by atoms with van der Waals surface area (Å²) < 4.78 is 6.93. The molecule has 0 radical (unpaired) electrons. The van der Waals surface area contributed by atoms with E-state index in [0.29, 0.717) is 12.6 Å². The molecule has 0 saturated carbocycles. The van der Waals surface area contributed by atoms with E-state index in [0.717, 1.165) is 16.8 Å². The Hall–Kier alpha value is -0.840. The molecule has 19 heavy (non-hydrogen) atoms. The van der Waals surface area contributed by atoms with Crippen LogP contribution in [0.15, 0.2) is 39.5 Å². The van der Waals surface area contributed by atoms with Crippen LogP contribution in [0.4, 0.5) is 0 Å². The standard InChI is InChI=1S/C15H18BrNOS/c1-11(2)17-8-13-7-14(3-4-15(13)16)18-9-12-5-6-19-10-12/h3-7,10-11,17H,8-9H2,1-2H3. The van der Waals surface area contributed by atoms with Crippen molar-refractivity contribution in [3.05, 3.63) is 50.6 Å². The van der Waals surface area contributed by atoms with Gasteiger partial charge in [-0.2, -0.15) is 11.3 Å². The minimum absolute atomic E-state index is 0.474. The highest BCUT2D eigenvalue weighted by molar-refractivity contribution is 9.10. The lowest BCUT2D eigenvalue weighted by atomic mass is 10.2. The molecule has 0 aliphatic rings. The third-order valence-electron chi connectivity index (χ3n) is 2.70. The van der Waals surface area contributed by atoms with Gasteiger partial charge in [0, 0.05) is 17.1 Å². The number of rotatable bonds is 6. The number of halogens is 1. The third kappa shape index (κ3) is 4.64. The number of ether oxygens (including phenoxy) is 1. The molecule has 4 heteroatoms. The lowest BCUT2D eigenvalue weighted by Gasteiger charge is -2.12. The van der Waals surface area contributed by atoms with Crippen molar-refractivity contribution in [1.29, 1.82) is 0 Å². The van der Waals surface area contributed by atoms with Gasteiger partial charge < -0.3 is 10.1 Å². The fourth-order valence-electron chi connectivity index (χ4n) is 1.63. The molecule has 0 bridgehead atoms. The molecule has 2 nitrogen and oxygen atoms in total. The minimum Gasteiger partial charge on any atom is -0.489 e. The molecule has 0 atom stereocenters. The van der Waals surface area contributed by atoms with Gasteiger partial charge in [-0.05, 0) is 46.2 Å². The summed E-state index contributed by atoms with van der Waals surface area (Å²) >= 11 is 5.27. The second kappa shape index (κ2) is 7.08. The molecule has 0 fully saturated rings. The van der Waals surface area contributed by atoms with E-state index in [1.807, 2.05) is 12.1 Å². The second-order valence-corrected chi connectivity index (χ2v) is 6.34. The first-order chi connectivity index (χ1) is 9.15. The van der Waals surface area contributed by atoms with Crippen molar-refractivity contribution in [1.82, 2.24) is 5.32 Å². The van der Waals surface area contributed by atoms with E-state index in [1.54, 1.807) is 11.3 Å². The van der Waals surface area contributed by atoms with Crippen LogP contribution in [0.2, 0.25) is 0 Å². The van der Waals surface area contributed by atoms with Gasteiger partial charge in [-0.25, -0.2) is 0 Å². The van der Waals surface area contributed by atoms with Crippen molar-refractivity contribution in [2.24, 2.45) is 0 Å². The summed E-state index contributed by atoms with van der Waals surface area (Å²) in [6, 6.07) is 8.69. The molecule has 0 amide bonds. The molecule has 0 unspecified atom stereocenters. The van der Waals surface area contributed by atoms with Crippen LogP contribution in [-0.4, -0.2) is 6.04 Å². The van der Waals surface area contributed by atoms with Gasteiger partial charge in [0.2, 0.25) is 0 Å². The topological polar surface area (TPSA) is 21.3 Å². The predicted octanol–water partition coefficient (Wildman–Crippen LogP) is 4.59. The number of hydrogen-bond acceptors (Lipinski definition) is 3. The van der Waals surface area contributed by atoms with Gasteiger partial charge in [0.15, 0.2) is 0 Å². The zero-order chi connectivity index (χ0) is 13.7. The molecule has 0 aliphatic carbocycles. The highest BCUT2D eigenvalue weighted by Crippen LogP contribution is 2.23. The summed E-state index contributed by atoms with van der Waals surface area (Å²) in [4.78, 5) is 0. The van der Waals surface area contributed by atoms with Gasteiger partial charge in [0.1, 0.15) is 12.4 Å². The van der Waals surface area contributed by atoms with Crippen molar-refractivity contribution in [2.75, 3.05) is 0 Å². The molecule has 1 heterocycles. The Kier molecular flexibility index (Phi) is 5.43. The van der Waals surface area contributed by atoms with Gasteiger partial charge in [0.05, 0.1) is 0 Å². The Labute approximate surface area is 126 Å². The molecule has 0 saturated heterocycles. The average molecular weight is 340 g/mol. The first-order valence-corrected chi connectivity index (χ1v) is 8.04. The second-order valence-electron chi connectivity index (χ2n) is 4.71. The van der Waals surface area contributed by atoms with E-state index in [1.165, 1.54) is 11.1 Å². The van der Waals surface area contributed by atoms with Crippen LogP contribution in [-0.2, 0) is 13.2 Å². The smallest absolute Gasteiger partial charge is 0.120 e. The fraction of sp³-hybridized carbons (Fsp3) is 0.333. The van der Waals surface area contributed by atoms with E-state index in [2.05, 4.69) is 58.0 Å². The summed E-state index contributed by atoms with van der Waals surface area (Å²) in [5.41, 5.74) is 2.44. The monoisotopic (exact) mass is 339 g/mol. The van der Waals surface area contributed by atoms with Crippen LogP contribution in [0, 0.1) is 0 Å². The van der Waals surface area contributed by atoms with Gasteiger partial charge in [-0.3, -0.25) is 0 Å². The van der Waals surface area contributed by atoms with E-state index >= 15 is 0 Å². The van der Waals surface area contributed by atoms with Crippen LogP contribution < -0.4 is 10.1 Å². The van der Waals surface area contributed by atoms with Crippen LogP contribution >= 0.6 is 27.3 Å². The fourth-order valence-corrected chi connectivity index (χ4v) is 2.67. The van der Waals surface area contributed by atoms with Crippen molar-refractivity contribution in [3.63, 3.8) is 0 Å². The van der Waals surface area contributed by atoms with Crippen LogP contribution in [0.5, 0.6) is 5.75 Å². The largest absolute Gasteiger partial charge is 0.489 e. The summed E-state index contributed by atoms with van der Waals surface area (Å²) in [6.07, 6.45) is 0. The number of benzene rings is 1. The van der Waals surface area contributed by atoms with Crippen molar-refractivity contribution >= 4 is 27.3 Å². The van der Waals surface area contributed by atoms with E-state index < -0.39 is 0 Å². The SMILES string of the molecule is CC(C)NCc1cc(OCc2ccsc2)ccc1Br. The van der Waals surface area contributed by atoms with Crippen molar-refractivity contribution < 1.29 is 4.74 Å². The first-order valence-electron chi connectivity index (χ1n) is 6.31. The Bertz CT molecular complexity index is 511. The number of hydrogen-bond donors (Lipinski definition) is 1. The maximum Gasteiger partial charge on any atom is 0.120 e. The quantitative estimate of drug-likeness (QED) is 0.831. The molecule has 1 N–H and O–H groups in total. The van der Waals surface area contributed by atoms with Crippen LogP contribution in [0.25, 0.3) is 0 Å². The molecule has 1 aromatic carbocycles. The molecule has 1 aromatic heterocycles. The third-order valence-corrected chi connectivity index (χ3v) is 4.21. The van der Waals surface area contributed by atoms with Gasteiger partial charge >= 0.3 is 0 Å². The lowest BCUT2D eigenvalue weighted by molar-refractivity contribution is 0.306. The van der Waals surface area contributed by atoms with Crippen molar-refractivity contribution in [2.45, 2.75) is 33.0 Å². The first kappa shape index (κ1) is 14.6. The minimum atomic E-state index is 0.474. The lowest BCUT2D eigenvalue weighted by Crippen LogP contribution is -2.22. The maximum absolute atomic E-state index is 5.81. The van der Waals surface area contributed by atoms with E-state index in [4.69, 9.17) is 4.74 Å². The molecule has 0 spiro atoms. The van der Waals surface area contributed by atoms with Gasteiger partial charge in [-0.15, -0.1) is 0 Å². The zero-order valence-electron chi connectivity index (χ0n) is 11.2. The van der Waals surface area contributed by atoms with Crippen LogP contribution in [0.1, 0.15) is 25.0 Å². The molecule has 2 rings (SSSR count). The molecule has 0 aliphatic heterocycles. The number of nitrogens with one attached hydrogen (secondary N) is 1. The normalized spacial score (nSPS) is 10.9. The highest BCUT2D eigenvalue weighted by Gasteiger charge is 2.04. The molecular formula is C15H18BrNOS. The molecular weight excluding hydrogens is 322 g/mol. The summed E-state index contributed by atoms with van der Waals surface area (Å²) in [6.45, 7) is 5.76. The van der Waals surface area contributed by atoms with Gasteiger partial charge in [0.25, 0.3) is 0 Å². The van der Waals surface area contributed by atoms with Gasteiger partial charge in [-0.1, -0.05) is 29.8 Å². The Balaban J connectivity index is 1.99. The molecule has 102 valence electrons. The Morgan fingerprint density at radius 2 is 2.16 bits per heavy atom. The predicted molar refractivity (Wildman–Crippen MR) is 84.8 cm³/mol. The highest BCUT2D eigenvalue weighted by atomic mass is 79.9.